The van der Waals surface area contributed by atoms with Gasteiger partial charge in [0.25, 0.3) is 5.91 Å². The molecule has 7 nitrogen and oxygen atoms in total. The van der Waals surface area contributed by atoms with E-state index in [-0.39, 0.29) is 13.3 Å². The van der Waals surface area contributed by atoms with E-state index in [2.05, 4.69) is 35.3 Å². The number of nitrogens with zero attached hydrogens (tertiary/aromatic N) is 3. The van der Waals surface area contributed by atoms with E-state index in [1.54, 1.807) is 19.3 Å². The van der Waals surface area contributed by atoms with Crippen LogP contribution in [0.5, 0.6) is 0 Å². The molecule has 4 aromatic rings. The van der Waals surface area contributed by atoms with Crippen LogP contribution in [0.2, 0.25) is 25.7 Å². The van der Waals surface area contributed by atoms with E-state index in [0.29, 0.717) is 18.9 Å². The molecule has 0 aliphatic heterocycles. The van der Waals surface area contributed by atoms with Gasteiger partial charge in [-0.1, -0.05) is 45.3 Å². The molecule has 2 aromatic carbocycles. The first-order valence-corrected chi connectivity index (χ1v) is 15.8. The van der Waals surface area contributed by atoms with Crippen molar-refractivity contribution >= 4 is 48.4 Å². The van der Waals surface area contributed by atoms with E-state index in [9.17, 15) is 4.79 Å². The van der Waals surface area contributed by atoms with Crippen LogP contribution in [0.25, 0.3) is 23.1 Å². The highest BCUT2D eigenvalue weighted by Gasteiger charge is 2.14. The zero-order chi connectivity index (χ0) is 25.5. The van der Waals surface area contributed by atoms with Gasteiger partial charge in [0.1, 0.15) is 6.73 Å². The highest BCUT2D eigenvalue weighted by molar-refractivity contribution is 6.76. The van der Waals surface area contributed by atoms with Crippen molar-refractivity contribution in [2.45, 2.75) is 39.8 Å². The molecule has 1 amide bonds. The molecule has 0 spiro atoms. The fourth-order valence-electron chi connectivity index (χ4n) is 3.75. The number of anilines is 2. The molecule has 0 fully saturated rings. The van der Waals surface area contributed by atoms with Crippen molar-refractivity contribution in [2.75, 3.05) is 19.0 Å². The maximum atomic E-state index is 12.3. The Bertz CT molecular complexity index is 1360. The van der Waals surface area contributed by atoms with Gasteiger partial charge in [0.05, 0.1) is 28.2 Å². The third-order valence-electron chi connectivity index (χ3n) is 5.77. The van der Waals surface area contributed by atoms with E-state index >= 15 is 0 Å². The Morgan fingerprint density at radius 1 is 1.05 bits per heavy atom. The molecule has 0 atom stereocenters. The lowest BCUT2D eigenvalue weighted by Crippen LogP contribution is -2.22. The molecule has 0 aliphatic rings. The average Bonchev–Trinajstić information content (AvgIpc) is 3.22. The Labute approximate surface area is 220 Å². The third kappa shape index (κ3) is 7.38. The molecule has 194 valence electrons. The molecule has 4 rings (SSSR count). The van der Waals surface area contributed by atoms with Crippen molar-refractivity contribution in [1.82, 2.24) is 20.1 Å². The van der Waals surface area contributed by atoms with E-state index in [1.165, 1.54) is 0 Å². The maximum Gasteiger partial charge on any atom is 0.253 e. The lowest BCUT2D eigenvalue weighted by atomic mass is 10.1. The quantitative estimate of drug-likeness (QED) is 0.182. The van der Waals surface area contributed by atoms with Crippen LogP contribution in [0.15, 0.2) is 66.9 Å². The van der Waals surface area contributed by atoms with E-state index < -0.39 is 8.07 Å². The highest BCUT2D eigenvalue weighted by atomic mass is 28.3. The van der Waals surface area contributed by atoms with Crippen LogP contribution in [0, 0.1) is 0 Å². The topological polar surface area (TPSA) is 81.1 Å². The summed E-state index contributed by atoms with van der Waals surface area (Å²) in [4.78, 5) is 16.7. The van der Waals surface area contributed by atoms with Gasteiger partial charge in [-0.25, -0.2) is 4.68 Å². The molecule has 37 heavy (non-hydrogen) atoms. The molecule has 8 heteroatoms. The van der Waals surface area contributed by atoms with Crippen molar-refractivity contribution in [2.24, 2.45) is 0 Å². The fourth-order valence-corrected chi connectivity index (χ4v) is 4.50. The van der Waals surface area contributed by atoms with Gasteiger partial charge in [-0.05, 0) is 60.7 Å². The number of fused-ring (bicyclic) bond motifs is 1. The van der Waals surface area contributed by atoms with Crippen molar-refractivity contribution in [3.8, 4) is 0 Å². The van der Waals surface area contributed by atoms with Gasteiger partial charge in [0.15, 0.2) is 0 Å². The Hall–Kier alpha value is -3.75. The smallest absolute Gasteiger partial charge is 0.253 e. The van der Waals surface area contributed by atoms with Crippen LogP contribution in [0.1, 0.15) is 29.2 Å². The molecule has 0 saturated heterocycles. The van der Waals surface area contributed by atoms with E-state index in [4.69, 9.17) is 9.84 Å². The van der Waals surface area contributed by atoms with Gasteiger partial charge in [-0.3, -0.25) is 9.78 Å². The minimum atomic E-state index is -1.18. The second-order valence-electron chi connectivity index (χ2n) is 9.80. The summed E-state index contributed by atoms with van der Waals surface area (Å²) in [5.41, 5.74) is 4.86. The second kappa shape index (κ2) is 12.5. The van der Waals surface area contributed by atoms with Crippen LogP contribution in [-0.2, 0) is 11.5 Å². The van der Waals surface area contributed by atoms with Crippen molar-refractivity contribution in [3.63, 3.8) is 0 Å². The summed E-state index contributed by atoms with van der Waals surface area (Å²) in [5, 5.41) is 11.9. The molecule has 0 radical (unpaired) electrons. The number of para-hydroxylation sites is 1. The molecular formula is C29H37N5O2Si. The van der Waals surface area contributed by atoms with Crippen LogP contribution in [-0.4, -0.2) is 42.4 Å². The molecule has 2 heterocycles. The van der Waals surface area contributed by atoms with Crippen molar-refractivity contribution < 1.29 is 9.53 Å². The standard InChI is InChI=1S/C28H33N5O2Si.CH4/c1-29-28(34)24-10-5-6-11-25(24)31-22-12-14-23-26(15-13-21-9-7-8-16-30-21)32-33(27(23)19-22)20-35-17-18-36(2,3)4;/h5-16,19,31H,17-18,20H2,1-4H3,(H,29,34);1H4/b15-13+;. The zero-order valence-electron chi connectivity index (χ0n) is 21.3. The monoisotopic (exact) mass is 515 g/mol. The SMILES string of the molecule is C.CNC(=O)c1ccccc1Nc1ccc2c(/C=C/c3ccccn3)nn(COCC[Si](C)(C)C)c2c1. The molecule has 0 bridgehead atoms. The second-order valence-corrected chi connectivity index (χ2v) is 15.4. The first-order valence-electron chi connectivity index (χ1n) is 12.1. The summed E-state index contributed by atoms with van der Waals surface area (Å²) in [7, 11) is 0.451. The summed E-state index contributed by atoms with van der Waals surface area (Å²) < 4.78 is 7.92. The summed E-state index contributed by atoms with van der Waals surface area (Å²) >= 11 is 0. The van der Waals surface area contributed by atoms with Crippen LogP contribution in [0.4, 0.5) is 11.4 Å². The number of amides is 1. The molecule has 0 unspecified atom stereocenters. The Morgan fingerprint density at radius 2 is 1.84 bits per heavy atom. The summed E-state index contributed by atoms with van der Waals surface area (Å²) in [6, 6.07) is 20.5. The van der Waals surface area contributed by atoms with Gasteiger partial charge in [-0.15, -0.1) is 0 Å². The predicted octanol–water partition coefficient (Wildman–Crippen LogP) is 6.65. The van der Waals surface area contributed by atoms with Crippen molar-refractivity contribution in [1.29, 1.82) is 0 Å². The summed E-state index contributed by atoms with van der Waals surface area (Å²) in [6.45, 7) is 8.11. The molecule has 2 N–H and O–H groups in total. The maximum absolute atomic E-state index is 12.3. The average molecular weight is 516 g/mol. The van der Waals surface area contributed by atoms with Gasteiger partial charge in [0.2, 0.25) is 0 Å². The molecular weight excluding hydrogens is 478 g/mol. The summed E-state index contributed by atoms with van der Waals surface area (Å²) in [6.07, 6.45) is 5.72. The fraction of sp³-hybridized carbons (Fsp3) is 0.276. The van der Waals surface area contributed by atoms with Gasteiger partial charge >= 0.3 is 0 Å². The lowest BCUT2D eigenvalue weighted by Gasteiger charge is -2.15. The minimum absolute atomic E-state index is 0. The van der Waals surface area contributed by atoms with Crippen LogP contribution in [0.3, 0.4) is 0 Å². The van der Waals surface area contributed by atoms with E-state index in [0.717, 1.165) is 39.7 Å². The number of pyridine rings is 1. The largest absolute Gasteiger partial charge is 0.360 e. The number of hydrogen-bond acceptors (Lipinski definition) is 5. The first kappa shape index (κ1) is 27.8. The molecule has 0 aliphatic carbocycles. The van der Waals surface area contributed by atoms with Crippen LogP contribution >= 0.6 is 0 Å². The lowest BCUT2D eigenvalue weighted by molar-refractivity contribution is 0.0816. The van der Waals surface area contributed by atoms with Crippen LogP contribution < -0.4 is 10.6 Å². The van der Waals surface area contributed by atoms with E-state index in [1.807, 2.05) is 71.4 Å². The molecule has 2 aromatic heterocycles. The number of benzene rings is 2. The van der Waals surface area contributed by atoms with Crippen molar-refractivity contribution in [3.05, 3.63) is 83.8 Å². The number of nitrogens with one attached hydrogen (secondary N) is 2. The zero-order valence-corrected chi connectivity index (χ0v) is 22.3. The third-order valence-corrected chi connectivity index (χ3v) is 7.47. The van der Waals surface area contributed by atoms with Gasteiger partial charge in [0, 0.05) is 39.0 Å². The molecule has 0 saturated carbocycles. The normalized spacial score (nSPS) is 11.5. The summed E-state index contributed by atoms with van der Waals surface area (Å²) in [5.74, 6) is -0.137. The number of aromatic nitrogens is 3. The predicted molar refractivity (Wildman–Crippen MR) is 157 cm³/mol. The Kier molecular flexibility index (Phi) is 9.38. The van der Waals surface area contributed by atoms with Gasteiger partial charge < -0.3 is 15.4 Å². The number of carbonyl (C=O) groups is 1. The minimum Gasteiger partial charge on any atom is -0.360 e. The van der Waals surface area contributed by atoms with Gasteiger partial charge in [-0.2, -0.15) is 5.10 Å². The number of hydrogen-bond donors (Lipinski definition) is 2. The first-order chi connectivity index (χ1) is 17.3. The number of ether oxygens (including phenoxy) is 1. The number of carbonyl (C=O) groups excluding carboxylic acids is 1. The Morgan fingerprint density at radius 3 is 2.57 bits per heavy atom. The highest BCUT2D eigenvalue weighted by Crippen LogP contribution is 2.27. The number of rotatable bonds is 10. The Balaban J connectivity index is 0.00000380.